The second-order valence-electron chi connectivity index (χ2n) is 4.28. The summed E-state index contributed by atoms with van der Waals surface area (Å²) in [6, 6.07) is 1.56. The lowest BCUT2D eigenvalue weighted by Gasteiger charge is -2.31. The lowest BCUT2D eigenvalue weighted by atomic mass is 10.3. The number of hydrogen-bond acceptors (Lipinski definition) is 6. The van der Waals surface area contributed by atoms with E-state index < -0.39 is 10.0 Å². The average molecular weight is 302 g/mol. The molecule has 0 saturated carbocycles. The molecule has 0 amide bonds. The molecule has 2 heterocycles. The summed E-state index contributed by atoms with van der Waals surface area (Å²) < 4.78 is 26.7. The van der Waals surface area contributed by atoms with Gasteiger partial charge in [0.15, 0.2) is 0 Å². The number of anilines is 1. The molecule has 1 fully saturated rings. The third-order valence-corrected chi connectivity index (χ3v) is 6.38. The van der Waals surface area contributed by atoms with Crippen molar-refractivity contribution in [3.8, 4) is 0 Å². The van der Waals surface area contributed by atoms with Crippen molar-refractivity contribution in [3.63, 3.8) is 0 Å². The van der Waals surface area contributed by atoms with Crippen LogP contribution in [0.3, 0.4) is 0 Å². The van der Waals surface area contributed by atoms with E-state index in [0.717, 1.165) is 12.2 Å². The average Bonchev–Trinajstić information content (AvgIpc) is 2.47. The van der Waals surface area contributed by atoms with E-state index in [2.05, 4.69) is 17.3 Å². The summed E-state index contributed by atoms with van der Waals surface area (Å²) in [5.41, 5.74) is 2.79. The Kier molecular flexibility index (Phi) is 4.67. The minimum atomic E-state index is -3.53. The number of nitrogen functional groups attached to an aromatic ring is 1. The SMILES string of the molecule is CCC1CN(S(=O)(=O)c2cnccc2NN)CCS1. The number of nitrogens with two attached hydrogens (primary N) is 1. The van der Waals surface area contributed by atoms with Gasteiger partial charge in [0.05, 0.1) is 5.69 Å². The first kappa shape index (κ1) is 14.6. The Balaban J connectivity index is 2.31. The Bertz CT molecular complexity index is 535. The molecular weight excluding hydrogens is 284 g/mol. The van der Waals surface area contributed by atoms with Crippen LogP contribution in [0.1, 0.15) is 13.3 Å². The molecular formula is C11H18N4O2S2. The van der Waals surface area contributed by atoms with Crippen LogP contribution in [0, 0.1) is 0 Å². The van der Waals surface area contributed by atoms with Gasteiger partial charge in [0, 0.05) is 36.5 Å². The molecule has 0 bridgehead atoms. The Morgan fingerprint density at radius 2 is 2.42 bits per heavy atom. The Morgan fingerprint density at radius 3 is 3.11 bits per heavy atom. The van der Waals surface area contributed by atoms with Crippen molar-refractivity contribution in [2.45, 2.75) is 23.5 Å². The largest absolute Gasteiger partial charge is 0.323 e. The number of nitrogens with zero attached hydrogens (tertiary/aromatic N) is 2. The standard InChI is InChI=1S/C11H18N4O2S2/c1-2-9-8-15(5-6-18-9)19(16,17)11-7-13-4-3-10(11)14-12/h3-4,7,9H,2,5-6,8,12H2,1H3,(H,13,14). The number of rotatable bonds is 4. The molecule has 2 rings (SSSR count). The summed E-state index contributed by atoms with van der Waals surface area (Å²) >= 11 is 1.83. The van der Waals surface area contributed by atoms with Crippen LogP contribution in [0.15, 0.2) is 23.4 Å². The second-order valence-corrected chi connectivity index (χ2v) is 7.59. The van der Waals surface area contributed by atoms with E-state index in [-0.39, 0.29) is 4.90 Å². The maximum Gasteiger partial charge on any atom is 0.246 e. The van der Waals surface area contributed by atoms with Gasteiger partial charge in [0.2, 0.25) is 10.0 Å². The number of hydrazine groups is 1. The van der Waals surface area contributed by atoms with Crippen molar-refractivity contribution in [2.24, 2.45) is 5.84 Å². The van der Waals surface area contributed by atoms with Crippen LogP contribution in [0.25, 0.3) is 0 Å². The third kappa shape index (κ3) is 3.02. The Labute approximate surface area is 117 Å². The van der Waals surface area contributed by atoms with Gasteiger partial charge in [0.1, 0.15) is 4.90 Å². The first-order chi connectivity index (χ1) is 9.09. The molecule has 0 aliphatic carbocycles. The maximum absolute atomic E-state index is 12.6. The first-order valence-electron chi connectivity index (χ1n) is 6.12. The van der Waals surface area contributed by atoms with Crippen molar-refractivity contribution in [1.29, 1.82) is 0 Å². The molecule has 1 aliphatic heterocycles. The fourth-order valence-corrected chi connectivity index (χ4v) is 4.98. The van der Waals surface area contributed by atoms with Gasteiger partial charge in [-0.15, -0.1) is 0 Å². The summed E-state index contributed by atoms with van der Waals surface area (Å²) in [5, 5.41) is 0.356. The molecule has 0 spiro atoms. The van der Waals surface area contributed by atoms with Gasteiger partial charge in [0.25, 0.3) is 0 Å². The minimum Gasteiger partial charge on any atom is -0.323 e. The van der Waals surface area contributed by atoms with Crippen LogP contribution >= 0.6 is 11.8 Å². The van der Waals surface area contributed by atoms with E-state index in [0.29, 0.717) is 24.0 Å². The van der Waals surface area contributed by atoms with E-state index in [1.165, 1.54) is 16.7 Å². The minimum absolute atomic E-state index is 0.138. The quantitative estimate of drug-likeness (QED) is 0.634. The molecule has 1 aliphatic rings. The van der Waals surface area contributed by atoms with Crippen molar-refractivity contribution >= 4 is 27.5 Å². The monoisotopic (exact) mass is 302 g/mol. The number of thioether (sulfide) groups is 1. The molecule has 6 nitrogen and oxygen atoms in total. The number of pyridine rings is 1. The van der Waals surface area contributed by atoms with E-state index >= 15 is 0 Å². The zero-order valence-corrected chi connectivity index (χ0v) is 12.4. The van der Waals surface area contributed by atoms with E-state index in [4.69, 9.17) is 5.84 Å². The maximum atomic E-state index is 12.6. The van der Waals surface area contributed by atoms with Gasteiger partial charge in [-0.05, 0) is 12.5 Å². The number of nitrogens with one attached hydrogen (secondary N) is 1. The van der Waals surface area contributed by atoms with E-state index in [1.807, 2.05) is 11.8 Å². The fourth-order valence-electron chi connectivity index (χ4n) is 2.00. The van der Waals surface area contributed by atoms with Gasteiger partial charge in [-0.2, -0.15) is 16.1 Å². The lowest BCUT2D eigenvalue weighted by molar-refractivity contribution is 0.416. The highest BCUT2D eigenvalue weighted by atomic mass is 32.2. The summed E-state index contributed by atoms with van der Waals surface area (Å²) in [5.74, 6) is 6.19. The lowest BCUT2D eigenvalue weighted by Crippen LogP contribution is -2.42. The number of hydrogen-bond donors (Lipinski definition) is 2. The van der Waals surface area contributed by atoms with E-state index in [9.17, 15) is 8.42 Å². The van der Waals surface area contributed by atoms with Crippen LogP contribution in [0.4, 0.5) is 5.69 Å². The summed E-state index contributed by atoms with van der Waals surface area (Å²) in [4.78, 5) is 4.03. The molecule has 1 unspecified atom stereocenters. The third-order valence-electron chi connectivity index (χ3n) is 3.11. The molecule has 1 aromatic rings. The van der Waals surface area contributed by atoms with Crippen LogP contribution in [-0.2, 0) is 10.0 Å². The van der Waals surface area contributed by atoms with Gasteiger partial charge in [-0.1, -0.05) is 6.92 Å². The van der Waals surface area contributed by atoms with Gasteiger partial charge in [-0.3, -0.25) is 10.8 Å². The molecule has 3 N–H and O–H groups in total. The predicted molar refractivity (Wildman–Crippen MR) is 77.3 cm³/mol. The molecule has 106 valence electrons. The van der Waals surface area contributed by atoms with Gasteiger partial charge in [-0.25, -0.2) is 8.42 Å². The molecule has 0 radical (unpaired) electrons. The molecule has 1 saturated heterocycles. The fraction of sp³-hybridized carbons (Fsp3) is 0.545. The van der Waals surface area contributed by atoms with Crippen LogP contribution in [0.5, 0.6) is 0 Å². The molecule has 1 aromatic heterocycles. The van der Waals surface area contributed by atoms with Gasteiger partial charge < -0.3 is 5.43 Å². The second kappa shape index (κ2) is 6.08. The predicted octanol–water partition coefficient (Wildman–Crippen LogP) is 0.883. The summed E-state index contributed by atoms with van der Waals surface area (Å²) in [6.45, 7) is 3.15. The molecule has 8 heteroatoms. The molecule has 19 heavy (non-hydrogen) atoms. The number of sulfonamides is 1. The van der Waals surface area contributed by atoms with Crippen LogP contribution < -0.4 is 11.3 Å². The highest BCUT2D eigenvalue weighted by molar-refractivity contribution is 8.00. The Morgan fingerprint density at radius 1 is 1.63 bits per heavy atom. The van der Waals surface area contributed by atoms with Crippen molar-refractivity contribution in [1.82, 2.24) is 9.29 Å². The normalized spacial score (nSPS) is 21.3. The van der Waals surface area contributed by atoms with Crippen LogP contribution in [-0.4, -0.2) is 41.8 Å². The zero-order valence-electron chi connectivity index (χ0n) is 10.7. The van der Waals surface area contributed by atoms with Crippen molar-refractivity contribution in [3.05, 3.63) is 18.5 Å². The molecule has 0 aromatic carbocycles. The summed E-state index contributed by atoms with van der Waals surface area (Å²) in [6.07, 6.45) is 3.81. The number of aromatic nitrogens is 1. The Hall–Kier alpha value is -0.830. The van der Waals surface area contributed by atoms with Crippen LogP contribution in [0.2, 0.25) is 0 Å². The molecule has 1 atom stereocenters. The first-order valence-corrected chi connectivity index (χ1v) is 8.61. The van der Waals surface area contributed by atoms with Crippen molar-refractivity contribution < 1.29 is 8.42 Å². The van der Waals surface area contributed by atoms with Crippen molar-refractivity contribution in [2.75, 3.05) is 24.3 Å². The van der Waals surface area contributed by atoms with E-state index in [1.54, 1.807) is 6.07 Å². The highest BCUT2D eigenvalue weighted by Crippen LogP contribution is 2.28. The topological polar surface area (TPSA) is 88.3 Å². The zero-order chi connectivity index (χ0) is 13.9. The van der Waals surface area contributed by atoms with Gasteiger partial charge >= 0.3 is 0 Å². The smallest absolute Gasteiger partial charge is 0.246 e. The highest BCUT2D eigenvalue weighted by Gasteiger charge is 2.31. The summed E-state index contributed by atoms with van der Waals surface area (Å²) in [7, 11) is -3.53.